The average molecular weight is 241 g/mol. The average Bonchev–Trinajstić information content (AvgIpc) is 2.39. The van der Waals surface area contributed by atoms with E-state index in [1.807, 2.05) is 6.07 Å². The molecule has 2 rings (SSSR count). The van der Waals surface area contributed by atoms with Gasteiger partial charge in [0, 0.05) is 12.4 Å². The van der Waals surface area contributed by atoms with Crippen molar-refractivity contribution >= 4 is 5.97 Å². The van der Waals surface area contributed by atoms with Gasteiger partial charge in [-0.25, -0.2) is 14.8 Å². The number of ether oxygens (including phenoxy) is 1. The molecule has 0 spiro atoms. The molecule has 0 saturated heterocycles. The van der Waals surface area contributed by atoms with Gasteiger partial charge >= 0.3 is 12.0 Å². The van der Waals surface area contributed by atoms with Crippen LogP contribution in [0, 0.1) is 11.3 Å². The molecule has 0 radical (unpaired) electrons. The Labute approximate surface area is 102 Å². The van der Waals surface area contributed by atoms with Crippen LogP contribution in [0.25, 0.3) is 0 Å². The number of carbonyl (C=O) groups is 1. The Kier molecular flexibility index (Phi) is 3.16. The van der Waals surface area contributed by atoms with Crippen LogP contribution in [0.2, 0.25) is 0 Å². The normalized spacial score (nSPS) is 9.50. The predicted octanol–water partition coefficient (Wildman–Crippen LogP) is 1.84. The van der Waals surface area contributed by atoms with E-state index in [1.165, 1.54) is 6.07 Å². The van der Waals surface area contributed by atoms with Crippen LogP contribution in [0.4, 0.5) is 0 Å². The fourth-order valence-electron chi connectivity index (χ4n) is 1.21. The molecule has 0 fully saturated rings. The van der Waals surface area contributed by atoms with E-state index in [1.54, 1.807) is 18.2 Å². The van der Waals surface area contributed by atoms with Crippen molar-refractivity contribution in [3.63, 3.8) is 0 Å². The minimum Gasteiger partial charge on any atom is -0.478 e. The smallest absolute Gasteiger partial charge is 0.338 e. The Morgan fingerprint density at radius 1 is 1.33 bits per heavy atom. The van der Waals surface area contributed by atoms with Crippen molar-refractivity contribution in [2.24, 2.45) is 0 Å². The number of aromatic carboxylic acids is 1. The highest BCUT2D eigenvalue weighted by Crippen LogP contribution is 2.18. The second-order valence-corrected chi connectivity index (χ2v) is 3.30. The molecular weight excluding hydrogens is 234 g/mol. The first-order chi connectivity index (χ1) is 8.69. The molecular formula is C12H7N3O3. The Morgan fingerprint density at radius 2 is 2.06 bits per heavy atom. The lowest BCUT2D eigenvalue weighted by atomic mass is 10.2. The first kappa shape index (κ1) is 11.5. The van der Waals surface area contributed by atoms with Gasteiger partial charge in [0.2, 0.25) is 0 Å². The van der Waals surface area contributed by atoms with Gasteiger partial charge in [-0.05, 0) is 18.2 Å². The molecule has 6 heteroatoms. The van der Waals surface area contributed by atoms with Crippen molar-refractivity contribution in [1.29, 1.82) is 5.26 Å². The molecule has 0 saturated carbocycles. The summed E-state index contributed by atoms with van der Waals surface area (Å²) >= 11 is 0. The number of nitrogens with zero attached hydrogens (tertiary/aromatic N) is 3. The van der Waals surface area contributed by atoms with Crippen LogP contribution in [0.1, 0.15) is 15.9 Å². The van der Waals surface area contributed by atoms with Crippen LogP contribution < -0.4 is 4.74 Å². The molecule has 0 aliphatic carbocycles. The van der Waals surface area contributed by atoms with Crippen molar-refractivity contribution in [2.45, 2.75) is 0 Å². The van der Waals surface area contributed by atoms with E-state index in [2.05, 4.69) is 9.97 Å². The number of nitriles is 1. The number of rotatable bonds is 3. The molecule has 0 unspecified atom stereocenters. The molecule has 18 heavy (non-hydrogen) atoms. The zero-order chi connectivity index (χ0) is 13.0. The Morgan fingerprint density at radius 3 is 2.67 bits per heavy atom. The summed E-state index contributed by atoms with van der Waals surface area (Å²) in [6, 6.07) is 8.49. The molecule has 0 aliphatic rings. The second-order valence-electron chi connectivity index (χ2n) is 3.30. The zero-order valence-corrected chi connectivity index (χ0v) is 9.07. The number of hydrogen-bond acceptors (Lipinski definition) is 5. The zero-order valence-electron chi connectivity index (χ0n) is 9.07. The molecule has 0 bridgehead atoms. The number of hydrogen-bond donors (Lipinski definition) is 1. The lowest BCUT2D eigenvalue weighted by Crippen LogP contribution is -1.99. The summed E-state index contributed by atoms with van der Waals surface area (Å²) < 4.78 is 5.29. The molecule has 0 amide bonds. The summed E-state index contributed by atoms with van der Waals surface area (Å²) in [4.78, 5) is 18.1. The van der Waals surface area contributed by atoms with Gasteiger partial charge in [-0.3, -0.25) is 0 Å². The maximum Gasteiger partial charge on any atom is 0.338 e. The van der Waals surface area contributed by atoms with Gasteiger partial charge in [-0.1, -0.05) is 6.07 Å². The molecule has 1 aromatic carbocycles. The minimum atomic E-state index is -1.10. The van der Waals surface area contributed by atoms with E-state index >= 15 is 0 Å². The molecule has 6 nitrogen and oxygen atoms in total. The van der Waals surface area contributed by atoms with Crippen molar-refractivity contribution in [1.82, 2.24) is 9.97 Å². The Balaban J connectivity index is 2.18. The van der Waals surface area contributed by atoms with Crippen molar-refractivity contribution in [3.05, 3.63) is 47.8 Å². The molecule has 1 N–H and O–H groups in total. The van der Waals surface area contributed by atoms with Gasteiger partial charge in [-0.2, -0.15) is 5.26 Å². The molecule has 88 valence electrons. The van der Waals surface area contributed by atoms with Crippen molar-refractivity contribution in [2.75, 3.05) is 0 Å². The molecule has 2 aromatic rings. The van der Waals surface area contributed by atoms with E-state index in [0.29, 0.717) is 11.3 Å². The van der Waals surface area contributed by atoms with E-state index in [0.717, 1.165) is 12.4 Å². The van der Waals surface area contributed by atoms with Gasteiger partial charge in [0.15, 0.2) is 0 Å². The highest BCUT2D eigenvalue weighted by atomic mass is 16.5. The van der Waals surface area contributed by atoms with Crippen LogP contribution in [-0.4, -0.2) is 21.0 Å². The number of aromatic nitrogens is 2. The quantitative estimate of drug-likeness (QED) is 0.880. The van der Waals surface area contributed by atoms with E-state index < -0.39 is 5.97 Å². The standard InChI is InChI=1S/C12H7N3O3/c13-5-8-2-1-3-10(4-8)18-12-14-6-9(7-15-12)11(16)17/h1-4,6-7H,(H,16,17). The van der Waals surface area contributed by atoms with E-state index in [-0.39, 0.29) is 11.6 Å². The SMILES string of the molecule is N#Cc1cccc(Oc2ncc(C(=O)O)cn2)c1. The third-order valence-electron chi connectivity index (χ3n) is 2.05. The predicted molar refractivity (Wildman–Crippen MR) is 60.2 cm³/mol. The highest BCUT2D eigenvalue weighted by Gasteiger charge is 2.05. The largest absolute Gasteiger partial charge is 0.478 e. The Hall–Kier alpha value is -2.94. The molecule has 1 aromatic heterocycles. The maximum atomic E-state index is 10.6. The molecule has 1 heterocycles. The molecule has 0 atom stereocenters. The lowest BCUT2D eigenvalue weighted by molar-refractivity contribution is 0.0696. The van der Waals surface area contributed by atoms with E-state index in [9.17, 15) is 4.79 Å². The minimum absolute atomic E-state index is 0.0203. The van der Waals surface area contributed by atoms with Crippen molar-refractivity contribution in [3.8, 4) is 17.8 Å². The summed E-state index contributed by atoms with van der Waals surface area (Å²) in [6.45, 7) is 0. The number of carboxylic acid groups (broad SMARTS) is 1. The second kappa shape index (κ2) is 4.93. The summed E-state index contributed by atoms with van der Waals surface area (Å²) in [5.41, 5.74) is 0.433. The van der Waals surface area contributed by atoms with Crippen LogP contribution in [0.15, 0.2) is 36.7 Å². The van der Waals surface area contributed by atoms with Gasteiger partial charge < -0.3 is 9.84 Å². The van der Waals surface area contributed by atoms with E-state index in [4.69, 9.17) is 15.1 Å². The summed E-state index contributed by atoms with van der Waals surface area (Å²) in [6.07, 6.45) is 2.30. The van der Waals surface area contributed by atoms with Gasteiger partial charge in [0.1, 0.15) is 5.75 Å². The van der Waals surface area contributed by atoms with Crippen LogP contribution in [0.3, 0.4) is 0 Å². The topological polar surface area (TPSA) is 96.1 Å². The van der Waals surface area contributed by atoms with Crippen molar-refractivity contribution < 1.29 is 14.6 Å². The Bertz CT molecular complexity index is 617. The summed E-state index contributed by atoms with van der Waals surface area (Å²) in [7, 11) is 0. The van der Waals surface area contributed by atoms with Gasteiger partial charge in [0.05, 0.1) is 17.2 Å². The van der Waals surface area contributed by atoms with Crippen LogP contribution in [-0.2, 0) is 0 Å². The van der Waals surface area contributed by atoms with Crippen LogP contribution in [0.5, 0.6) is 11.8 Å². The lowest BCUT2D eigenvalue weighted by Gasteiger charge is -2.03. The number of carboxylic acids is 1. The number of benzene rings is 1. The van der Waals surface area contributed by atoms with Gasteiger partial charge in [-0.15, -0.1) is 0 Å². The summed E-state index contributed by atoms with van der Waals surface area (Å²) in [5, 5.41) is 17.4. The van der Waals surface area contributed by atoms with Crippen LogP contribution >= 0.6 is 0 Å². The summed E-state index contributed by atoms with van der Waals surface area (Å²) in [5.74, 6) is -0.690. The maximum absolute atomic E-state index is 10.6. The van der Waals surface area contributed by atoms with Gasteiger partial charge in [0.25, 0.3) is 0 Å². The monoisotopic (exact) mass is 241 g/mol. The molecule has 0 aliphatic heterocycles. The third-order valence-corrected chi connectivity index (χ3v) is 2.05. The first-order valence-electron chi connectivity index (χ1n) is 4.92. The first-order valence-corrected chi connectivity index (χ1v) is 4.92. The highest BCUT2D eigenvalue weighted by molar-refractivity contribution is 5.86. The fraction of sp³-hybridized carbons (Fsp3) is 0. The third kappa shape index (κ3) is 2.59. The fourth-order valence-corrected chi connectivity index (χ4v) is 1.21.